The summed E-state index contributed by atoms with van der Waals surface area (Å²) >= 11 is 0. The zero-order valence-electron chi connectivity index (χ0n) is 13.3. The third-order valence-corrected chi connectivity index (χ3v) is 4.32. The summed E-state index contributed by atoms with van der Waals surface area (Å²) in [7, 11) is -3.08. The minimum absolute atomic E-state index is 0.00189. The summed E-state index contributed by atoms with van der Waals surface area (Å²) in [5, 5.41) is 8.72. The topological polar surface area (TPSA) is 91.8 Å². The van der Waals surface area contributed by atoms with Crippen molar-refractivity contribution < 1.29 is 23.1 Å². The summed E-state index contributed by atoms with van der Waals surface area (Å²) in [6, 6.07) is 9.42. The molecule has 1 rings (SSSR count). The molecule has 1 aromatic rings. The fourth-order valence-electron chi connectivity index (χ4n) is 2.16. The van der Waals surface area contributed by atoms with E-state index in [-0.39, 0.29) is 30.9 Å². The zero-order valence-corrected chi connectivity index (χ0v) is 14.1. The first-order valence-corrected chi connectivity index (χ1v) is 9.55. The highest BCUT2D eigenvalue weighted by Gasteiger charge is 2.15. The van der Waals surface area contributed by atoms with Crippen molar-refractivity contribution in [1.29, 1.82) is 0 Å². The van der Waals surface area contributed by atoms with Crippen LogP contribution in [0.15, 0.2) is 30.3 Å². The average Bonchev–Trinajstić information content (AvgIpc) is 2.45. The molecule has 0 saturated heterocycles. The van der Waals surface area contributed by atoms with E-state index >= 15 is 0 Å². The van der Waals surface area contributed by atoms with Gasteiger partial charge in [0.15, 0.2) is 0 Å². The molecule has 0 aliphatic rings. The lowest BCUT2D eigenvalue weighted by atomic mass is 10.2. The number of nitrogens with zero attached hydrogens (tertiary/aromatic N) is 1. The highest BCUT2D eigenvalue weighted by atomic mass is 32.2. The second-order valence-electron chi connectivity index (χ2n) is 5.53. The first-order valence-electron chi connectivity index (χ1n) is 7.49. The highest BCUT2D eigenvalue weighted by molar-refractivity contribution is 7.90. The fraction of sp³-hybridized carbons (Fsp3) is 0.500. The number of hydrogen-bond donors (Lipinski definition) is 1. The van der Waals surface area contributed by atoms with Crippen molar-refractivity contribution in [1.82, 2.24) is 4.90 Å². The number of carboxylic acids is 1. The second kappa shape index (κ2) is 9.29. The van der Waals surface area contributed by atoms with Crippen LogP contribution >= 0.6 is 0 Å². The number of sulfone groups is 1. The Balaban J connectivity index is 2.61. The number of carbonyl (C=O) groups excluding carboxylic acids is 1. The molecule has 0 saturated carbocycles. The molecule has 0 unspecified atom stereocenters. The van der Waals surface area contributed by atoms with E-state index in [2.05, 4.69) is 0 Å². The molecule has 0 aliphatic carbocycles. The number of rotatable bonds is 10. The van der Waals surface area contributed by atoms with Gasteiger partial charge in [-0.25, -0.2) is 8.42 Å². The van der Waals surface area contributed by atoms with Gasteiger partial charge in [0.05, 0.1) is 5.75 Å². The van der Waals surface area contributed by atoms with Crippen molar-refractivity contribution in [2.24, 2.45) is 0 Å². The van der Waals surface area contributed by atoms with Crippen molar-refractivity contribution in [3.05, 3.63) is 35.9 Å². The molecule has 0 fully saturated rings. The number of carbonyl (C=O) groups is 2. The number of amides is 1. The van der Waals surface area contributed by atoms with Gasteiger partial charge >= 0.3 is 5.97 Å². The average molecular weight is 341 g/mol. The predicted octanol–water partition coefficient (Wildman–Crippen LogP) is 1.70. The monoisotopic (exact) mass is 341 g/mol. The SMILES string of the molecule is CS(=O)(=O)CCCC(=O)N(CCCC(=O)O)Cc1ccccc1. The number of benzene rings is 1. The summed E-state index contributed by atoms with van der Waals surface area (Å²) in [4.78, 5) is 24.5. The molecule has 7 heteroatoms. The van der Waals surface area contributed by atoms with Crippen LogP contribution in [0.4, 0.5) is 0 Å². The lowest BCUT2D eigenvalue weighted by Crippen LogP contribution is -2.32. The molecular formula is C16H23NO5S. The van der Waals surface area contributed by atoms with Crippen LogP contribution < -0.4 is 0 Å². The minimum atomic E-state index is -3.08. The fourth-order valence-corrected chi connectivity index (χ4v) is 2.83. The van der Waals surface area contributed by atoms with E-state index in [1.165, 1.54) is 0 Å². The van der Waals surface area contributed by atoms with Crippen LogP contribution in [0.25, 0.3) is 0 Å². The van der Waals surface area contributed by atoms with Crippen molar-refractivity contribution in [3.8, 4) is 0 Å². The molecule has 0 spiro atoms. The molecule has 6 nitrogen and oxygen atoms in total. The van der Waals surface area contributed by atoms with Gasteiger partial charge in [0.25, 0.3) is 0 Å². The second-order valence-corrected chi connectivity index (χ2v) is 7.79. The third kappa shape index (κ3) is 8.97. The van der Waals surface area contributed by atoms with Crippen LogP contribution in [0.3, 0.4) is 0 Å². The Labute approximate surface area is 137 Å². The standard InChI is InChI=1S/C16H23NO5S/c1-23(21,22)12-6-9-15(18)17(11-5-10-16(19)20)13-14-7-3-2-4-8-14/h2-4,7-8H,5-6,9-13H2,1H3,(H,19,20). The molecular weight excluding hydrogens is 318 g/mol. The number of aliphatic carboxylic acids is 1. The smallest absolute Gasteiger partial charge is 0.303 e. The van der Waals surface area contributed by atoms with Crippen molar-refractivity contribution in [3.63, 3.8) is 0 Å². The first-order chi connectivity index (χ1) is 10.8. The van der Waals surface area contributed by atoms with Crippen LogP contribution in [-0.2, 0) is 26.0 Å². The highest BCUT2D eigenvalue weighted by Crippen LogP contribution is 2.09. The Morgan fingerprint density at radius 1 is 1.09 bits per heavy atom. The van der Waals surface area contributed by atoms with Gasteiger partial charge in [-0.2, -0.15) is 0 Å². The predicted molar refractivity (Wildman–Crippen MR) is 87.7 cm³/mol. The summed E-state index contributed by atoms with van der Waals surface area (Å²) in [6.07, 6.45) is 1.95. The van der Waals surface area contributed by atoms with Gasteiger partial charge in [-0.15, -0.1) is 0 Å². The van der Waals surface area contributed by atoms with Gasteiger partial charge in [-0.1, -0.05) is 30.3 Å². The molecule has 0 bridgehead atoms. The van der Waals surface area contributed by atoms with Crippen molar-refractivity contribution in [2.75, 3.05) is 18.6 Å². The van der Waals surface area contributed by atoms with E-state index in [1.807, 2.05) is 30.3 Å². The molecule has 1 N–H and O–H groups in total. The van der Waals surface area contributed by atoms with Gasteiger partial charge in [0.2, 0.25) is 5.91 Å². The molecule has 0 aliphatic heterocycles. The third-order valence-electron chi connectivity index (χ3n) is 3.29. The summed E-state index contributed by atoms with van der Waals surface area (Å²) < 4.78 is 22.3. The first kappa shape index (κ1) is 19.2. The Morgan fingerprint density at radius 2 is 1.74 bits per heavy atom. The van der Waals surface area contributed by atoms with E-state index in [0.29, 0.717) is 19.5 Å². The molecule has 1 aromatic carbocycles. The van der Waals surface area contributed by atoms with Crippen LogP contribution in [-0.4, -0.2) is 48.9 Å². The summed E-state index contributed by atoms with van der Waals surface area (Å²) in [5.74, 6) is -1.07. The van der Waals surface area contributed by atoms with Gasteiger partial charge in [-0.3, -0.25) is 9.59 Å². The molecule has 23 heavy (non-hydrogen) atoms. The van der Waals surface area contributed by atoms with Gasteiger partial charge in [-0.05, 0) is 18.4 Å². The van der Waals surface area contributed by atoms with Crippen LogP contribution in [0.2, 0.25) is 0 Å². The molecule has 1 amide bonds. The van der Waals surface area contributed by atoms with Gasteiger partial charge < -0.3 is 10.0 Å². The van der Waals surface area contributed by atoms with E-state index in [9.17, 15) is 18.0 Å². The normalized spacial score (nSPS) is 11.2. The summed E-state index contributed by atoms with van der Waals surface area (Å²) in [6.45, 7) is 0.747. The summed E-state index contributed by atoms with van der Waals surface area (Å²) in [5.41, 5.74) is 0.958. The van der Waals surface area contributed by atoms with Crippen LogP contribution in [0, 0.1) is 0 Å². The molecule has 0 aromatic heterocycles. The quantitative estimate of drug-likeness (QED) is 0.699. The van der Waals surface area contributed by atoms with Gasteiger partial charge in [0.1, 0.15) is 9.84 Å². The largest absolute Gasteiger partial charge is 0.481 e. The van der Waals surface area contributed by atoms with Crippen LogP contribution in [0.1, 0.15) is 31.2 Å². The molecule has 0 heterocycles. The van der Waals surface area contributed by atoms with E-state index in [0.717, 1.165) is 11.8 Å². The number of carboxylic acid groups (broad SMARTS) is 1. The molecule has 128 valence electrons. The maximum Gasteiger partial charge on any atom is 0.303 e. The van der Waals surface area contributed by atoms with Crippen LogP contribution in [0.5, 0.6) is 0 Å². The maximum absolute atomic E-state index is 12.3. The molecule has 0 radical (unpaired) electrons. The molecule has 0 atom stereocenters. The Hall–Kier alpha value is -1.89. The maximum atomic E-state index is 12.3. The number of hydrogen-bond acceptors (Lipinski definition) is 4. The van der Waals surface area contributed by atoms with Crippen molar-refractivity contribution >= 4 is 21.7 Å². The van der Waals surface area contributed by atoms with Gasteiger partial charge in [0, 0.05) is 32.2 Å². The van der Waals surface area contributed by atoms with E-state index in [1.54, 1.807) is 4.90 Å². The lowest BCUT2D eigenvalue weighted by Gasteiger charge is -2.22. The van der Waals surface area contributed by atoms with E-state index < -0.39 is 15.8 Å². The minimum Gasteiger partial charge on any atom is -0.481 e. The zero-order chi connectivity index (χ0) is 17.3. The Morgan fingerprint density at radius 3 is 2.30 bits per heavy atom. The Kier molecular flexibility index (Phi) is 7.74. The van der Waals surface area contributed by atoms with E-state index in [4.69, 9.17) is 5.11 Å². The Bertz CT molecular complexity index is 613. The van der Waals surface area contributed by atoms with Crippen molar-refractivity contribution in [2.45, 2.75) is 32.2 Å². The lowest BCUT2D eigenvalue weighted by molar-refractivity contribution is -0.138.